The number of ether oxygens (including phenoxy) is 1. The van der Waals surface area contributed by atoms with E-state index in [-0.39, 0.29) is 0 Å². The SMILES string of the molecule is Cc1cccc(C)c1OCCCC(C)(C#N)NC1CC1. The number of hydrogen-bond acceptors (Lipinski definition) is 3. The molecular formula is C17H24N2O. The zero-order valence-electron chi connectivity index (χ0n) is 12.7. The maximum absolute atomic E-state index is 9.31. The van der Waals surface area contributed by atoms with E-state index in [9.17, 15) is 5.26 Å². The minimum atomic E-state index is -0.411. The van der Waals surface area contributed by atoms with Crippen LogP contribution in [0.15, 0.2) is 18.2 Å². The monoisotopic (exact) mass is 272 g/mol. The van der Waals surface area contributed by atoms with Crippen molar-refractivity contribution < 1.29 is 4.74 Å². The zero-order chi connectivity index (χ0) is 14.6. The van der Waals surface area contributed by atoms with Gasteiger partial charge >= 0.3 is 0 Å². The summed E-state index contributed by atoms with van der Waals surface area (Å²) >= 11 is 0. The van der Waals surface area contributed by atoms with Crippen molar-refractivity contribution in [2.24, 2.45) is 0 Å². The molecule has 0 radical (unpaired) electrons. The summed E-state index contributed by atoms with van der Waals surface area (Å²) in [6.07, 6.45) is 4.12. The third-order valence-corrected chi connectivity index (χ3v) is 3.82. The van der Waals surface area contributed by atoms with Crippen LogP contribution in [0.2, 0.25) is 0 Å². The van der Waals surface area contributed by atoms with Crippen molar-refractivity contribution in [3.63, 3.8) is 0 Å². The topological polar surface area (TPSA) is 45.0 Å². The van der Waals surface area contributed by atoms with Crippen molar-refractivity contribution in [1.29, 1.82) is 5.26 Å². The average Bonchev–Trinajstić information content (AvgIpc) is 3.21. The van der Waals surface area contributed by atoms with Crippen molar-refractivity contribution in [2.75, 3.05) is 6.61 Å². The Morgan fingerprint density at radius 1 is 1.35 bits per heavy atom. The maximum atomic E-state index is 9.31. The molecule has 0 bridgehead atoms. The smallest absolute Gasteiger partial charge is 0.125 e. The summed E-state index contributed by atoms with van der Waals surface area (Å²) in [5, 5.41) is 12.7. The van der Waals surface area contributed by atoms with Crippen molar-refractivity contribution in [2.45, 2.75) is 58.0 Å². The predicted octanol–water partition coefficient (Wildman–Crippen LogP) is 3.50. The lowest BCUT2D eigenvalue weighted by Crippen LogP contribution is -2.42. The van der Waals surface area contributed by atoms with Crippen LogP contribution in [-0.2, 0) is 0 Å². The van der Waals surface area contributed by atoms with Gasteiger partial charge in [-0.25, -0.2) is 0 Å². The highest BCUT2D eigenvalue weighted by atomic mass is 16.5. The predicted molar refractivity (Wildman–Crippen MR) is 80.8 cm³/mol. The van der Waals surface area contributed by atoms with E-state index in [1.54, 1.807) is 0 Å². The zero-order valence-corrected chi connectivity index (χ0v) is 12.7. The largest absolute Gasteiger partial charge is 0.493 e. The molecule has 1 aliphatic rings. The molecule has 1 fully saturated rings. The first-order chi connectivity index (χ1) is 9.54. The standard InChI is InChI=1S/C17H24N2O/c1-13-6-4-7-14(2)16(13)20-11-5-10-17(3,12-18)19-15-8-9-15/h4,6-7,15,19H,5,8-11H2,1-3H3. The summed E-state index contributed by atoms with van der Waals surface area (Å²) in [5.74, 6) is 0.987. The number of rotatable bonds is 7. The first-order valence-electron chi connectivity index (χ1n) is 7.42. The molecule has 1 aromatic carbocycles. The van der Waals surface area contributed by atoms with Crippen molar-refractivity contribution in [3.05, 3.63) is 29.3 Å². The fraction of sp³-hybridized carbons (Fsp3) is 0.588. The normalized spacial score (nSPS) is 17.3. The molecule has 0 spiro atoms. The Bertz CT molecular complexity index is 482. The number of para-hydroxylation sites is 1. The quantitative estimate of drug-likeness (QED) is 0.773. The van der Waals surface area contributed by atoms with Gasteiger partial charge in [0.1, 0.15) is 11.3 Å². The summed E-state index contributed by atoms with van der Waals surface area (Å²) < 4.78 is 5.89. The van der Waals surface area contributed by atoms with Crippen LogP contribution in [0.1, 0.15) is 43.7 Å². The Kier molecular flexibility index (Phi) is 4.67. The van der Waals surface area contributed by atoms with Crippen LogP contribution in [0.3, 0.4) is 0 Å². The van der Waals surface area contributed by atoms with E-state index in [4.69, 9.17) is 4.74 Å². The first kappa shape index (κ1) is 14.9. The lowest BCUT2D eigenvalue weighted by molar-refractivity contribution is 0.281. The van der Waals surface area contributed by atoms with Crippen LogP contribution in [0.25, 0.3) is 0 Å². The molecule has 0 aliphatic heterocycles. The summed E-state index contributed by atoms with van der Waals surface area (Å²) in [4.78, 5) is 0. The number of hydrogen-bond donors (Lipinski definition) is 1. The van der Waals surface area contributed by atoms with Gasteiger partial charge in [-0.15, -0.1) is 0 Å². The molecule has 2 rings (SSSR count). The number of nitriles is 1. The van der Waals surface area contributed by atoms with Crippen molar-refractivity contribution in [3.8, 4) is 11.8 Å². The highest BCUT2D eigenvalue weighted by Crippen LogP contribution is 2.25. The van der Waals surface area contributed by atoms with Crippen LogP contribution >= 0.6 is 0 Å². The molecule has 0 aromatic heterocycles. The van der Waals surface area contributed by atoms with Crippen molar-refractivity contribution in [1.82, 2.24) is 5.32 Å². The minimum Gasteiger partial charge on any atom is -0.493 e. The van der Waals surface area contributed by atoms with E-state index in [2.05, 4.69) is 37.4 Å². The van der Waals surface area contributed by atoms with Gasteiger partial charge in [0.05, 0.1) is 12.7 Å². The van der Waals surface area contributed by atoms with Gasteiger partial charge in [-0.1, -0.05) is 18.2 Å². The van der Waals surface area contributed by atoms with Gasteiger partial charge in [-0.3, -0.25) is 5.32 Å². The molecule has 1 atom stereocenters. The second kappa shape index (κ2) is 6.28. The van der Waals surface area contributed by atoms with E-state index < -0.39 is 5.54 Å². The second-order valence-corrected chi connectivity index (χ2v) is 6.04. The molecule has 1 N–H and O–H groups in total. The van der Waals surface area contributed by atoms with E-state index in [1.807, 2.05) is 13.0 Å². The number of benzene rings is 1. The number of nitrogens with one attached hydrogen (secondary N) is 1. The molecule has 0 saturated heterocycles. The van der Waals surface area contributed by atoms with Crippen LogP contribution in [0.4, 0.5) is 0 Å². The number of nitrogens with zero attached hydrogens (tertiary/aromatic N) is 1. The lowest BCUT2D eigenvalue weighted by Gasteiger charge is -2.23. The maximum Gasteiger partial charge on any atom is 0.125 e. The minimum absolute atomic E-state index is 0.411. The van der Waals surface area contributed by atoms with Gasteiger partial charge in [0.25, 0.3) is 0 Å². The Morgan fingerprint density at radius 2 is 2.00 bits per heavy atom. The molecule has 1 saturated carbocycles. The van der Waals surface area contributed by atoms with Gasteiger partial charge in [0, 0.05) is 6.04 Å². The molecule has 0 heterocycles. The van der Waals surface area contributed by atoms with Gasteiger partial charge in [-0.05, 0) is 57.6 Å². The molecule has 1 aliphatic carbocycles. The third kappa shape index (κ3) is 3.98. The molecule has 0 amide bonds. The van der Waals surface area contributed by atoms with E-state index >= 15 is 0 Å². The number of aryl methyl sites for hydroxylation is 2. The molecular weight excluding hydrogens is 248 g/mol. The third-order valence-electron chi connectivity index (χ3n) is 3.82. The molecule has 1 unspecified atom stereocenters. The molecule has 3 nitrogen and oxygen atoms in total. The highest BCUT2D eigenvalue weighted by Gasteiger charge is 2.31. The first-order valence-corrected chi connectivity index (χ1v) is 7.42. The van der Waals surface area contributed by atoms with Crippen LogP contribution in [0, 0.1) is 25.2 Å². The van der Waals surface area contributed by atoms with Crippen LogP contribution < -0.4 is 10.1 Å². The molecule has 3 heteroatoms. The highest BCUT2D eigenvalue weighted by molar-refractivity contribution is 5.39. The summed E-state index contributed by atoms with van der Waals surface area (Å²) in [6.45, 7) is 6.78. The molecule has 20 heavy (non-hydrogen) atoms. The van der Waals surface area contributed by atoms with E-state index in [1.165, 1.54) is 24.0 Å². The Morgan fingerprint density at radius 3 is 2.55 bits per heavy atom. The van der Waals surface area contributed by atoms with Gasteiger partial charge in [-0.2, -0.15) is 5.26 Å². The second-order valence-electron chi connectivity index (χ2n) is 6.04. The Balaban J connectivity index is 1.79. The van der Waals surface area contributed by atoms with E-state index in [0.717, 1.165) is 18.6 Å². The molecule has 108 valence electrons. The fourth-order valence-corrected chi connectivity index (χ4v) is 2.47. The Labute approximate surface area is 121 Å². The van der Waals surface area contributed by atoms with Crippen LogP contribution in [0.5, 0.6) is 5.75 Å². The molecule has 1 aromatic rings. The van der Waals surface area contributed by atoms with Gasteiger partial charge in [0.2, 0.25) is 0 Å². The van der Waals surface area contributed by atoms with Gasteiger partial charge in [0.15, 0.2) is 0 Å². The summed E-state index contributed by atoms with van der Waals surface area (Å²) in [6, 6.07) is 9.14. The van der Waals surface area contributed by atoms with Gasteiger partial charge < -0.3 is 4.74 Å². The van der Waals surface area contributed by atoms with E-state index in [0.29, 0.717) is 12.6 Å². The summed E-state index contributed by atoms with van der Waals surface area (Å²) in [5.41, 5.74) is 1.93. The Hall–Kier alpha value is -1.53. The lowest BCUT2D eigenvalue weighted by atomic mass is 9.98. The summed E-state index contributed by atoms with van der Waals surface area (Å²) in [7, 11) is 0. The van der Waals surface area contributed by atoms with Crippen molar-refractivity contribution >= 4 is 0 Å². The fourth-order valence-electron chi connectivity index (χ4n) is 2.47. The van der Waals surface area contributed by atoms with Crippen LogP contribution in [-0.4, -0.2) is 18.2 Å². The average molecular weight is 272 g/mol.